The summed E-state index contributed by atoms with van der Waals surface area (Å²) in [6.45, 7) is 0.737. The lowest BCUT2D eigenvalue weighted by atomic mass is 10.0. The summed E-state index contributed by atoms with van der Waals surface area (Å²) in [5, 5.41) is 7.44. The fourth-order valence-corrected chi connectivity index (χ4v) is 4.79. The van der Waals surface area contributed by atoms with E-state index >= 15 is 0 Å². The molecule has 3 aromatic rings. The molecule has 0 saturated carbocycles. The van der Waals surface area contributed by atoms with E-state index in [4.69, 9.17) is 9.47 Å². The Morgan fingerprint density at radius 3 is 2.53 bits per heavy atom. The molecule has 1 aliphatic heterocycles. The second-order valence-electron chi connectivity index (χ2n) is 8.29. The van der Waals surface area contributed by atoms with Crippen molar-refractivity contribution in [3.8, 4) is 5.75 Å². The molecule has 0 aliphatic carbocycles. The third-order valence-electron chi connectivity index (χ3n) is 5.91. The van der Waals surface area contributed by atoms with Crippen molar-refractivity contribution in [2.24, 2.45) is 0 Å². The Hall–Kier alpha value is -3.69. The van der Waals surface area contributed by atoms with Crippen LogP contribution in [0.3, 0.4) is 0 Å². The van der Waals surface area contributed by atoms with Crippen LogP contribution in [0.25, 0.3) is 0 Å². The summed E-state index contributed by atoms with van der Waals surface area (Å²) in [4.78, 5) is 41.8. The van der Waals surface area contributed by atoms with Gasteiger partial charge in [0.25, 0.3) is 5.91 Å². The van der Waals surface area contributed by atoms with E-state index in [2.05, 4.69) is 10.6 Å². The topological polar surface area (TPSA) is 97.0 Å². The molecule has 0 bridgehead atoms. The van der Waals surface area contributed by atoms with Gasteiger partial charge in [0.2, 0.25) is 11.8 Å². The lowest BCUT2D eigenvalue weighted by molar-refractivity contribution is -0.126. The Morgan fingerprint density at radius 1 is 1.06 bits per heavy atom. The van der Waals surface area contributed by atoms with Crippen molar-refractivity contribution in [3.63, 3.8) is 0 Å². The zero-order chi connectivity index (χ0) is 25.3. The summed E-state index contributed by atoms with van der Waals surface area (Å²) in [7, 11) is 1.51. The van der Waals surface area contributed by atoms with Gasteiger partial charge in [0.1, 0.15) is 11.8 Å². The Labute approximate surface area is 214 Å². The number of carbonyl (C=O) groups is 3. The van der Waals surface area contributed by atoms with E-state index in [0.717, 1.165) is 12.8 Å². The maximum absolute atomic E-state index is 13.7. The summed E-state index contributed by atoms with van der Waals surface area (Å²) in [5.74, 6) is -0.716. The van der Waals surface area contributed by atoms with Crippen molar-refractivity contribution in [2.45, 2.75) is 25.0 Å². The molecule has 1 aromatic heterocycles. The lowest BCUT2D eigenvalue weighted by Crippen LogP contribution is -2.48. The van der Waals surface area contributed by atoms with E-state index < -0.39 is 11.9 Å². The van der Waals surface area contributed by atoms with Crippen molar-refractivity contribution in [1.82, 2.24) is 10.6 Å². The van der Waals surface area contributed by atoms with Crippen molar-refractivity contribution in [3.05, 3.63) is 82.6 Å². The highest BCUT2D eigenvalue weighted by molar-refractivity contribution is 7.12. The minimum atomic E-state index is -0.991. The molecule has 0 spiro atoms. The predicted octanol–water partition coefficient (Wildman–Crippen LogP) is 3.56. The molecular formula is C27H29N3O5S. The number of thiophene rings is 1. The first kappa shape index (κ1) is 25.4. The van der Waals surface area contributed by atoms with Gasteiger partial charge in [-0.1, -0.05) is 48.5 Å². The number of amides is 3. The second-order valence-corrected chi connectivity index (χ2v) is 9.24. The summed E-state index contributed by atoms with van der Waals surface area (Å²) in [6.07, 6.45) is 1.78. The number of nitrogens with one attached hydrogen (secondary N) is 2. The summed E-state index contributed by atoms with van der Waals surface area (Å²) < 4.78 is 11.2. The van der Waals surface area contributed by atoms with E-state index in [1.54, 1.807) is 53.9 Å². The number of rotatable bonds is 10. The third kappa shape index (κ3) is 6.10. The first-order valence-electron chi connectivity index (χ1n) is 11.8. The van der Waals surface area contributed by atoms with Crippen LogP contribution in [0.15, 0.2) is 72.1 Å². The van der Waals surface area contributed by atoms with Gasteiger partial charge < -0.3 is 20.1 Å². The molecule has 36 heavy (non-hydrogen) atoms. The monoisotopic (exact) mass is 507 g/mol. The van der Waals surface area contributed by atoms with Crippen LogP contribution in [0.2, 0.25) is 0 Å². The fourth-order valence-electron chi connectivity index (χ4n) is 4.15. The molecule has 1 aliphatic rings. The second kappa shape index (κ2) is 12.3. The number of benzene rings is 2. The van der Waals surface area contributed by atoms with Gasteiger partial charge in [0, 0.05) is 13.2 Å². The number of methoxy groups -OCH3 is 1. The molecule has 4 rings (SSSR count). The van der Waals surface area contributed by atoms with Crippen LogP contribution in [-0.2, 0) is 14.3 Å². The third-order valence-corrected chi connectivity index (χ3v) is 6.78. The number of hydrogen-bond donors (Lipinski definition) is 2. The largest absolute Gasteiger partial charge is 0.495 e. The Balaban J connectivity index is 1.66. The maximum atomic E-state index is 13.7. The summed E-state index contributed by atoms with van der Waals surface area (Å²) in [5.41, 5.74) is 1.06. The van der Waals surface area contributed by atoms with Crippen LogP contribution in [0.4, 0.5) is 5.69 Å². The van der Waals surface area contributed by atoms with Crippen LogP contribution in [-0.4, -0.2) is 50.6 Å². The van der Waals surface area contributed by atoms with Crippen molar-refractivity contribution in [2.75, 3.05) is 31.7 Å². The minimum Gasteiger partial charge on any atom is -0.495 e. The normalized spacial score (nSPS) is 15.6. The molecule has 8 nitrogen and oxygen atoms in total. The first-order chi connectivity index (χ1) is 17.6. The van der Waals surface area contributed by atoms with Gasteiger partial charge in [-0.05, 0) is 42.0 Å². The maximum Gasteiger partial charge on any atom is 0.261 e. The van der Waals surface area contributed by atoms with Gasteiger partial charge in [0.05, 0.1) is 30.3 Å². The van der Waals surface area contributed by atoms with Gasteiger partial charge in [-0.25, -0.2) is 0 Å². The highest BCUT2D eigenvalue weighted by atomic mass is 32.1. The van der Waals surface area contributed by atoms with Crippen molar-refractivity contribution < 1.29 is 23.9 Å². The lowest BCUT2D eigenvalue weighted by Gasteiger charge is -2.32. The SMILES string of the molecule is COc1ccccc1N(C(=O)CNC(=O)c1cccs1)[C@@H](C(=O)NC[C@@H]1CCCO1)c1ccccc1. The summed E-state index contributed by atoms with van der Waals surface area (Å²) >= 11 is 1.29. The molecule has 2 N–H and O–H groups in total. The van der Waals surface area contributed by atoms with Crippen LogP contribution in [0.5, 0.6) is 5.75 Å². The first-order valence-corrected chi connectivity index (χ1v) is 12.7. The Bertz CT molecular complexity index is 1160. The molecule has 1 fully saturated rings. The number of para-hydroxylation sites is 2. The number of carbonyl (C=O) groups excluding carboxylic acids is 3. The van der Waals surface area contributed by atoms with Gasteiger partial charge in [-0.15, -0.1) is 11.3 Å². The minimum absolute atomic E-state index is 0.0501. The molecule has 2 atom stereocenters. The quantitative estimate of drug-likeness (QED) is 0.438. The van der Waals surface area contributed by atoms with Crippen LogP contribution in [0, 0.1) is 0 Å². The Kier molecular flexibility index (Phi) is 8.70. The molecule has 3 amide bonds. The predicted molar refractivity (Wildman–Crippen MR) is 138 cm³/mol. The number of anilines is 1. The average molecular weight is 508 g/mol. The average Bonchev–Trinajstić information content (AvgIpc) is 3.64. The molecular weight excluding hydrogens is 478 g/mol. The fraction of sp³-hybridized carbons (Fsp3) is 0.296. The van der Waals surface area contributed by atoms with Gasteiger partial charge in [0.15, 0.2) is 0 Å². The smallest absolute Gasteiger partial charge is 0.261 e. The zero-order valence-electron chi connectivity index (χ0n) is 20.0. The molecule has 1 saturated heterocycles. The number of hydrogen-bond acceptors (Lipinski definition) is 6. The van der Waals surface area contributed by atoms with Crippen molar-refractivity contribution in [1.29, 1.82) is 0 Å². The van der Waals surface area contributed by atoms with E-state index in [-0.39, 0.29) is 24.5 Å². The van der Waals surface area contributed by atoms with E-state index in [0.29, 0.717) is 35.0 Å². The molecule has 188 valence electrons. The number of ether oxygens (including phenoxy) is 2. The summed E-state index contributed by atoms with van der Waals surface area (Å²) in [6, 6.07) is 18.6. The van der Waals surface area contributed by atoms with Crippen LogP contribution < -0.4 is 20.3 Å². The van der Waals surface area contributed by atoms with Crippen LogP contribution in [0.1, 0.15) is 34.1 Å². The van der Waals surface area contributed by atoms with Gasteiger partial charge >= 0.3 is 0 Å². The molecule has 2 aromatic carbocycles. The highest BCUT2D eigenvalue weighted by Crippen LogP contribution is 2.35. The van der Waals surface area contributed by atoms with Gasteiger partial charge in [-0.3, -0.25) is 19.3 Å². The Morgan fingerprint density at radius 2 is 1.83 bits per heavy atom. The molecule has 0 radical (unpaired) electrons. The van der Waals surface area contributed by atoms with E-state index in [9.17, 15) is 14.4 Å². The zero-order valence-corrected chi connectivity index (χ0v) is 20.8. The number of nitrogens with zero attached hydrogens (tertiary/aromatic N) is 1. The highest BCUT2D eigenvalue weighted by Gasteiger charge is 2.34. The van der Waals surface area contributed by atoms with Crippen molar-refractivity contribution >= 4 is 34.7 Å². The molecule has 9 heteroatoms. The van der Waals surface area contributed by atoms with Gasteiger partial charge in [-0.2, -0.15) is 0 Å². The standard InChI is InChI=1S/C27H29N3O5S/c1-34-22-13-6-5-12-21(22)30(24(31)18-29-26(32)23-14-8-16-36-23)25(19-9-3-2-4-10-19)27(33)28-17-20-11-7-15-35-20/h2-6,8-10,12-14,16,20,25H,7,11,15,17-18H2,1H3,(H,28,33)(H,29,32)/t20-,25+/m0/s1. The van der Waals surface area contributed by atoms with Crippen LogP contribution >= 0.6 is 11.3 Å². The van der Waals surface area contributed by atoms with E-state index in [1.807, 2.05) is 18.2 Å². The van der Waals surface area contributed by atoms with E-state index in [1.165, 1.54) is 23.3 Å². The molecule has 0 unspecified atom stereocenters. The molecule has 2 heterocycles.